The summed E-state index contributed by atoms with van der Waals surface area (Å²) in [6.07, 6.45) is 0.934. The lowest BCUT2D eigenvalue weighted by Crippen LogP contribution is -2.58. The number of nitrogens with zero attached hydrogens (tertiary/aromatic N) is 2. The summed E-state index contributed by atoms with van der Waals surface area (Å²) in [5, 5.41) is 16.8. The number of hydrogen-bond acceptors (Lipinski definition) is 13. The molecule has 0 unspecified atom stereocenters. The molecule has 1 aliphatic heterocycles. The SMILES string of the molecule is COc1cccc(C[C@H]2NC(=O)[C@H](CCN)NC(=O)[C@@H](NC(=O)[C@H](CCCN=C(N)N)NC(C)=O)CCC(=O)NCCC[C@@H](C(N)=O)NC(=O)[C@H](Cc3c[nH]c4ccccc34)CC(=O)[C@H](CCCN=C(N)N)CC2=O)c1. The van der Waals surface area contributed by atoms with Crippen molar-refractivity contribution in [3.05, 3.63) is 65.9 Å². The maximum atomic E-state index is 14.8. The number of aromatic amines is 1. The number of amides is 7. The van der Waals surface area contributed by atoms with Gasteiger partial charge in [-0.3, -0.25) is 53.1 Å². The standard InChI is InChI=1S/C51H75N15O10/c1-29(67)62-38(15-8-22-60-51(56)57)47(73)64-39-16-17-44(70)58-20-7-14-37(45(53)71)63-46(72)32(25-33-28-61-36-13-4-3-12-35(33)36)27-42(68)31(10-6-21-59-50(54)55)26-43(69)41(24-30-9-5-11-34(23-30)76-2)66-49(75)40(18-19-52)65-48(39)74/h3-5,9,11-13,23,28,31-32,37-41,61H,6-8,10,14-22,24-27,52H2,1-2H3,(H2,53,71)(H,58,70)(H,62,67)(H,63,72)(H,64,73)(H,65,74)(H,66,75)(H4,54,55,59)(H4,56,57,60)/t31-,32-,37+,38+,39+,40+,41-/m1/s1. The molecule has 2 aromatic carbocycles. The molecule has 0 bridgehead atoms. The first-order valence-electron chi connectivity index (χ1n) is 25.4. The number of carbonyl (C=O) groups is 9. The van der Waals surface area contributed by atoms with Gasteiger partial charge in [0.15, 0.2) is 17.7 Å². The number of H-pyrrole nitrogens is 1. The van der Waals surface area contributed by atoms with Gasteiger partial charge in [0.1, 0.15) is 35.7 Å². The molecule has 0 radical (unpaired) electrons. The van der Waals surface area contributed by atoms with Crippen LogP contribution in [0.25, 0.3) is 10.9 Å². The van der Waals surface area contributed by atoms with E-state index in [-0.39, 0.29) is 115 Å². The van der Waals surface area contributed by atoms with Crippen LogP contribution in [0, 0.1) is 11.8 Å². The van der Waals surface area contributed by atoms with E-state index in [1.165, 1.54) is 14.0 Å². The summed E-state index contributed by atoms with van der Waals surface area (Å²) < 4.78 is 5.43. The number of aliphatic imine (C=N–C) groups is 2. The minimum absolute atomic E-state index is 0.00456. The third-order valence-corrected chi connectivity index (χ3v) is 12.8. The molecule has 2 heterocycles. The molecule has 76 heavy (non-hydrogen) atoms. The topological polar surface area (TPSA) is 432 Å². The van der Waals surface area contributed by atoms with Crippen molar-refractivity contribution in [1.82, 2.24) is 36.9 Å². The molecule has 1 fully saturated rings. The number of ether oxygens (including phenoxy) is 1. The highest BCUT2D eigenvalue weighted by Gasteiger charge is 2.35. The fourth-order valence-corrected chi connectivity index (χ4v) is 8.83. The van der Waals surface area contributed by atoms with Crippen molar-refractivity contribution in [2.24, 2.45) is 56.2 Å². The van der Waals surface area contributed by atoms with E-state index >= 15 is 0 Å². The number of methoxy groups -OCH3 is 1. The van der Waals surface area contributed by atoms with Gasteiger partial charge in [0.25, 0.3) is 0 Å². The molecule has 414 valence electrons. The van der Waals surface area contributed by atoms with E-state index in [9.17, 15) is 43.2 Å². The predicted molar refractivity (Wildman–Crippen MR) is 284 cm³/mol. The molecule has 1 saturated heterocycles. The molecule has 3 aromatic rings. The first-order chi connectivity index (χ1) is 36.3. The molecule has 7 amide bonds. The minimum Gasteiger partial charge on any atom is -0.497 e. The monoisotopic (exact) mass is 1060 g/mol. The van der Waals surface area contributed by atoms with Gasteiger partial charge in [-0.2, -0.15) is 0 Å². The number of carbonyl (C=O) groups excluding carboxylic acids is 9. The van der Waals surface area contributed by atoms with E-state index < -0.39 is 101 Å². The average Bonchev–Trinajstić information content (AvgIpc) is 3.78. The van der Waals surface area contributed by atoms with Crippen molar-refractivity contribution >= 4 is 75.7 Å². The Bertz CT molecular complexity index is 2560. The summed E-state index contributed by atoms with van der Waals surface area (Å²) in [7, 11) is 1.47. The van der Waals surface area contributed by atoms with Crippen LogP contribution >= 0.6 is 0 Å². The quantitative estimate of drug-likeness (QED) is 0.0358. The van der Waals surface area contributed by atoms with Gasteiger partial charge in [0.2, 0.25) is 41.4 Å². The third-order valence-electron chi connectivity index (χ3n) is 12.8. The first-order valence-corrected chi connectivity index (χ1v) is 25.4. The Morgan fingerprint density at radius 1 is 0.776 bits per heavy atom. The second kappa shape index (κ2) is 30.9. The van der Waals surface area contributed by atoms with Gasteiger partial charge < -0.3 is 76.0 Å². The Morgan fingerprint density at radius 3 is 2.16 bits per heavy atom. The molecule has 1 aliphatic rings. The van der Waals surface area contributed by atoms with Crippen molar-refractivity contribution in [3.63, 3.8) is 0 Å². The fraction of sp³-hybridized carbons (Fsp3) is 0.510. The Kier molecular flexibility index (Phi) is 24.6. The Morgan fingerprint density at radius 2 is 1.47 bits per heavy atom. The van der Waals surface area contributed by atoms with E-state index in [0.717, 1.165) is 10.9 Å². The maximum absolute atomic E-state index is 14.8. The maximum Gasteiger partial charge on any atom is 0.243 e. The summed E-state index contributed by atoms with van der Waals surface area (Å²) >= 11 is 0. The van der Waals surface area contributed by atoms with E-state index in [1.54, 1.807) is 30.5 Å². The van der Waals surface area contributed by atoms with Gasteiger partial charge >= 0.3 is 0 Å². The van der Waals surface area contributed by atoms with E-state index in [1.807, 2.05) is 24.3 Å². The molecular weight excluding hydrogens is 983 g/mol. The number of benzene rings is 2. The third kappa shape index (κ3) is 20.3. The molecule has 25 heteroatoms. The van der Waals surface area contributed by atoms with Gasteiger partial charge in [-0.05, 0) is 100 Å². The van der Waals surface area contributed by atoms with Gasteiger partial charge in [-0.15, -0.1) is 0 Å². The number of primary amides is 1. The molecule has 0 aliphatic carbocycles. The lowest BCUT2D eigenvalue weighted by molar-refractivity contribution is -0.135. The summed E-state index contributed by atoms with van der Waals surface area (Å²) in [6.45, 7) is 1.33. The van der Waals surface area contributed by atoms with Gasteiger partial charge in [-0.1, -0.05) is 30.3 Å². The largest absolute Gasteiger partial charge is 0.497 e. The number of nitrogens with two attached hydrogens (primary N) is 6. The van der Waals surface area contributed by atoms with Crippen molar-refractivity contribution in [2.45, 2.75) is 121 Å². The Labute approximate surface area is 441 Å². The summed E-state index contributed by atoms with van der Waals surface area (Å²) in [5.74, 6) is -8.13. The highest BCUT2D eigenvalue weighted by Crippen LogP contribution is 2.26. The van der Waals surface area contributed by atoms with Gasteiger partial charge in [-0.25, -0.2) is 0 Å². The van der Waals surface area contributed by atoms with Crippen LogP contribution in [0.1, 0.15) is 88.7 Å². The molecule has 25 nitrogen and oxygen atoms in total. The highest BCUT2D eigenvalue weighted by atomic mass is 16.5. The van der Waals surface area contributed by atoms with Crippen molar-refractivity contribution in [2.75, 3.05) is 33.3 Å². The molecule has 0 saturated carbocycles. The predicted octanol–water partition coefficient (Wildman–Crippen LogP) is -1.81. The van der Waals surface area contributed by atoms with E-state index in [0.29, 0.717) is 16.9 Å². The normalized spacial score (nSPS) is 21.1. The summed E-state index contributed by atoms with van der Waals surface area (Å²) in [6, 6.07) is 7.64. The molecule has 7 atom stereocenters. The zero-order chi connectivity index (χ0) is 55.7. The van der Waals surface area contributed by atoms with Crippen LogP contribution in [0.2, 0.25) is 0 Å². The van der Waals surface area contributed by atoms with E-state index in [4.69, 9.17) is 39.1 Å². The zero-order valence-electron chi connectivity index (χ0n) is 43.2. The van der Waals surface area contributed by atoms with Crippen LogP contribution in [0.4, 0.5) is 0 Å². The number of ketones is 2. The van der Waals surface area contributed by atoms with Crippen LogP contribution in [0.3, 0.4) is 0 Å². The van der Waals surface area contributed by atoms with Crippen LogP contribution in [-0.2, 0) is 56.0 Å². The Balaban J connectivity index is 1.78. The molecule has 4 rings (SSSR count). The van der Waals surface area contributed by atoms with Crippen molar-refractivity contribution < 1.29 is 47.9 Å². The van der Waals surface area contributed by atoms with Crippen LogP contribution in [0.5, 0.6) is 5.75 Å². The second-order valence-electron chi connectivity index (χ2n) is 18.8. The number of aromatic nitrogens is 1. The Hall–Kier alpha value is -8.09. The van der Waals surface area contributed by atoms with Crippen molar-refractivity contribution in [3.8, 4) is 5.75 Å². The lowest BCUT2D eigenvalue weighted by atomic mass is 9.83. The van der Waals surface area contributed by atoms with Crippen molar-refractivity contribution in [1.29, 1.82) is 0 Å². The van der Waals surface area contributed by atoms with Gasteiger partial charge in [0.05, 0.1) is 13.2 Å². The number of para-hydroxylation sites is 1. The molecule has 1 aromatic heterocycles. The number of nitrogens with one attached hydrogen (secondary N) is 7. The summed E-state index contributed by atoms with van der Waals surface area (Å²) in [4.78, 5) is 136. The molecule has 0 spiro atoms. The molecular formula is C51H75N15O10. The second-order valence-corrected chi connectivity index (χ2v) is 18.8. The molecule has 19 N–H and O–H groups in total. The van der Waals surface area contributed by atoms with Crippen LogP contribution < -0.4 is 71.0 Å². The lowest BCUT2D eigenvalue weighted by Gasteiger charge is -2.27. The average molecular weight is 1060 g/mol. The number of Topliss-reactive ketones (excluding diaryl/α,β-unsaturated/α-hetero) is 2. The fourth-order valence-electron chi connectivity index (χ4n) is 8.83. The van der Waals surface area contributed by atoms with E-state index in [2.05, 4.69) is 46.9 Å². The zero-order valence-corrected chi connectivity index (χ0v) is 43.2. The number of rotatable bonds is 19. The summed E-state index contributed by atoms with van der Waals surface area (Å²) in [5.41, 5.74) is 36.0. The van der Waals surface area contributed by atoms with Crippen LogP contribution in [0.15, 0.2) is 64.7 Å². The number of fused-ring (bicyclic) bond motifs is 1. The number of hydrogen-bond donors (Lipinski definition) is 13. The first kappa shape index (κ1) is 60.5. The minimum atomic E-state index is -1.46. The highest BCUT2D eigenvalue weighted by molar-refractivity contribution is 5.98. The van der Waals surface area contributed by atoms with Gasteiger partial charge in [0, 0.05) is 74.8 Å². The van der Waals surface area contributed by atoms with Crippen LogP contribution in [-0.4, -0.2) is 133 Å². The smallest absolute Gasteiger partial charge is 0.243 e. The number of guanidine groups is 2.